The second-order valence-corrected chi connectivity index (χ2v) is 2.19. The molecule has 0 aliphatic carbocycles. The maximum atomic E-state index is 11.2. The van der Waals surface area contributed by atoms with Crippen molar-refractivity contribution in [1.82, 2.24) is 5.43 Å². The molecule has 0 aliphatic heterocycles. The lowest BCUT2D eigenvalue weighted by Gasteiger charge is -1.97. The van der Waals surface area contributed by atoms with E-state index in [4.69, 9.17) is 0 Å². The number of hydrogen-bond donors (Lipinski definition) is 1. The summed E-state index contributed by atoms with van der Waals surface area (Å²) in [4.78, 5) is 11.2. The third-order valence-corrected chi connectivity index (χ3v) is 1.33. The van der Waals surface area contributed by atoms with E-state index in [0.29, 0.717) is 5.56 Å². The molecule has 0 saturated heterocycles. The summed E-state index contributed by atoms with van der Waals surface area (Å²) in [6, 6.07) is 8.95. The Morgan fingerprint density at radius 1 is 1.42 bits per heavy atom. The molecule has 3 nitrogen and oxygen atoms in total. The van der Waals surface area contributed by atoms with Gasteiger partial charge in [-0.3, -0.25) is 4.79 Å². The van der Waals surface area contributed by atoms with Crippen LogP contribution in [0.15, 0.2) is 35.4 Å². The minimum absolute atomic E-state index is 0.186. The Hall–Kier alpha value is -1.64. The first-order valence-electron chi connectivity index (χ1n) is 3.67. The molecule has 1 amide bonds. The standard InChI is InChI=1S/C9H10N2O/c1-2-10-11-9(12)8-6-4-3-5-7-8/h2-7H,1H3,(H,11,12)/b10-2+. The third-order valence-electron chi connectivity index (χ3n) is 1.33. The molecule has 0 spiro atoms. The fourth-order valence-corrected chi connectivity index (χ4v) is 0.777. The number of benzene rings is 1. The van der Waals surface area contributed by atoms with Gasteiger partial charge < -0.3 is 0 Å². The number of nitrogens with zero attached hydrogens (tertiary/aromatic N) is 1. The lowest BCUT2D eigenvalue weighted by Crippen LogP contribution is -2.16. The van der Waals surface area contributed by atoms with Crippen LogP contribution >= 0.6 is 0 Å². The van der Waals surface area contributed by atoms with Gasteiger partial charge in [-0.05, 0) is 19.1 Å². The number of hydrazone groups is 1. The minimum Gasteiger partial charge on any atom is -0.267 e. The van der Waals surface area contributed by atoms with Gasteiger partial charge >= 0.3 is 0 Å². The van der Waals surface area contributed by atoms with Crippen LogP contribution in [0.5, 0.6) is 0 Å². The molecule has 1 aromatic rings. The molecule has 0 unspecified atom stereocenters. The average Bonchev–Trinajstić information content (AvgIpc) is 2.15. The van der Waals surface area contributed by atoms with Crippen molar-refractivity contribution in [2.45, 2.75) is 6.92 Å². The second-order valence-electron chi connectivity index (χ2n) is 2.19. The van der Waals surface area contributed by atoms with Gasteiger partial charge in [0.25, 0.3) is 5.91 Å². The zero-order valence-corrected chi connectivity index (χ0v) is 6.82. The monoisotopic (exact) mass is 162 g/mol. The Morgan fingerprint density at radius 2 is 2.08 bits per heavy atom. The normalized spacial score (nSPS) is 10.1. The van der Waals surface area contributed by atoms with Crippen molar-refractivity contribution in [3.8, 4) is 0 Å². The highest BCUT2D eigenvalue weighted by atomic mass is 16.2. The molecule has 0 saturated carbocycles. The van der Waals surface area contributed by atoms with Gasteiger partial charge in [0, 0.05) is 11.8 Å². The van der Waals surface area contributed by atoms with E-state index in [9.17, 15) is 4.79 Å². The van der Waals surface area contributed by atoms with E-state index in [-0.39, 0.29) is 5.91 Å². The third kappa shape index (κ3) is 2.20. The summed E-state index contributed by atoms with van der Waals surface area (Å²) in [6.45, 7) is 1.74. The fraction of sp³-hybridized carbons (Fsp3) is 0.111. The first-order chi connectivity index (χ1) is 5.84. The zero-order chi connectivity index (χ0) is 8.81. The topological polar surface area (TPSA) is 41.5 Å². The SMILES string of the molecule is C/C=N/NC(=O)c1ccccc1. The lowest BCUT2D eigenvalue weighted by molar-refractivity contribution is 0.0955. The largest absolute Gasteiger partial charge is 0.271 e. The van der Waals surface area contributed by atoms with Gasteiger partial charge in [-0.25, -0.2) is 5.43 Å². The molecule has 62 valence electrons. The van der Waals surface area contributed by atoms with E-state index in [1.54, 1.807) is 19.1 Å². The molecule has 1 rings (SSSR count). The number of amides is 1. The van der Waals surface area contributed by atoms with Gasteiger partial charge in [-0.2, -0.15) is 5.10 Å². The fourth-order valence-electron chi connectivity index (χ4n) is 0.777. The Bertz CT molecular complexity index is 280. The second kappa shape index (κ2) is 4.28. The molecule has 0 bridgehead atoms. The van der Waals surface area contributed by atoms with Gasteiger partial charge in [0.2, 0.25) is 0 Å². The molecular formula is C9H10N2O. The highest BCUT2D eigenvalue weighted by Gasteiger charge is 2.00. The Labute approximate surface area is 71.1 Å². The van der Waals surface area contributed by atoms with E-state index in [2.05, 4.69) is 10.5 Å². The smallest absolute Gasteiger partial charge is 0.267 e. The molecule has 1 aromatic carbocycles. The highest BCUT2D eigenvalue weighted by Crippen LogP contribution is 1.96. The van der Waals surface area contributed by atoms with Crippen LogP contribution in [0.2, 0.25) is 0 Å². The van der Waals surface area contributed by atoms with Crippen LogP contribution in [0.3, 0.4) is 0 Å². The van der Waals surface area contributed by atoms with Gasteiger partial charge in [-0.15, -0.1) is 0 Å². The van der Waals surface area contributed by atoms with Crippen molar-refractivity contribution in [1.29, 1.82) is 0 Å². The average molecular weight is 162 g/mol. The van der Waals surface area contributed by atoms with Crippen LogP contribution in [-0.4, -0.2) is 12.1 Å². The summed E-state index contributed by atoms with van der Waals surface area (Å²) in [5.41, 5.74) is 2.99. The van der Waals surface area contributed by atoms with Crippen molar-refractivity contribution in [3.05, 3.63) is 35.9 Å². The lowest BCUT2D eigenvalue weighted by atomic mass is 10.2. The van der Waals surface area contributed by atoms with Crippen molar-refractivity contribution < 1.29 is 4.79 Å². The first kappa shape index (κ1) is 8.46. The zero-order valence-electron chi connectivity index (χ0n) is 6.82. The van der Waals surface area contributed by atoms with E-state index in [1.165, 1.54) is 6.21 Å². The van der Waals surface area contributed by atoms with Crippen LogP contribution in [0.25, 0.3) is 0 Å². The van der Waals surface area contributed by atoms with E-state index in [0.717, 1.165) is 0 Å². The van der Waals surface area contributed by atoms with Crippen molar-refractivity contribution >= 4 is 12.1 Å². The molecule has 12 heavy (non-hydrogen) atoms. The summed E-state index contributed by atoms with van der Waals surface area (Å²) in [5, 5.41) is 3.62. The molecule has 0 aliphatic rings. The quantitative estimate of drug-likeness (QED) is 0.518. The summed E-state index contributed by atoms with van der Waals surface area (Å²) >= 11 is 0. The summed E-state index contributed by atoms with van der Waals surface area (Å²) in [6.07, 6.45) is 1.53. The van der Waals surface area contributed by atoms with E-state index < -0.39 is 0 Å². The van der Waals surface area contributed by atoms with Crippen molar-refractivity contribution in [2.24, 2.45) is 5.10 Å². The molecule has 0 atom stereocenters. The van der Waals surface area contributed by atoms with Crippen molar-refractivity contribution in [3.63, 3.8) is 0 Å². The molecule has 1 N–H and O–H groups in total. The van der Waals surface area contributed by atoms with Crippen molar-refractivity contribution in [2.75, 3.05) is 0 Å². The van der Waals surface area contributed by atoms with Gasteiger partial charge in [0.05, 0.1) is 0 Å². The van der Waals surface area contributed by atoms with Crippen LogP contribution in [0, 0.1) is 0 Å². The maximum Gasteiger partial charge on any atom is 0.271 e. The Balaban J connectivity index is 2.66. The van der Waals surface area contributed by atoms with Crippen LogP contribution in [0.1, 0.15) is 17.3 Å². The predicted molar refractivity (Wildman–Crippen MR) is 48.1 cm³/mol. The van der Waals surface area contributed by atoms with Gasteiger partial charge in [0.1, 0.15) is 0 Å². The Kier molecular flexibility index (Phi) is 3.02. The molecule has 0 heterocycles. The van der Waals surface area contributed by atoms with Gasteiger partial charge in [0.15, 0.2) is 0 Å². The summed E-state index contributed by atoms with van der Waals surface area (Å²) in [7, 11) is 0. The Morgan fingerprint density at radius 3 is 2.67 bits per heavy atom. The van der Waals surface area contributed by atoms with E-state index in [1.807, 2.05) is 18.2 Å². The van der Waals surface area contributed by atoms with Crippen LogP contribution in [0.4, 0.5) is 0 Å². The minimum atomic E-state index is -0.186. The van der Waals surface area contributed by atoms with Crippen LogP contribution < -0.4 is 5.43 Å². The summed E-state index contributed by atoms with van der Waals surface area (Å²) in [5.74, 6) is -0.186. The first-order valence-corrected chi connectivity index (χ1v) is 3.67. The molecule has 0 aromatic heterocycles. The summed E-state index contributed by atoms with van der Waals surface area (Å²) < 4.78 is 0. The maximum absolute atomic E-state index is 11.2. The number of nitrogens with one attached hydrogen (secondary N) is 1. The number of carbonyl (C=O) groups excluding carboxylic acids is 1. The number of rotatable bonds is 2. The molecule has 3 heteroatoms. The molecular weight excluding hydrogens is 152 g/mol. The van der Waals surface area contributed by atoms with Crippen LogP contribution in [-0.2, 0) is 0 Å². The van der Waals surface area contributed by atoms with Gasteiger partial charge in [-0.1, -0.05) is 18.2 Å². The number of carbonyl (C=O) groups is 1. The van der Waals surface area contributed by atoms with E-state index >= 15 is 0 Å². The molecule has 0 fully saturated rings. The number of hydrogen-bond acceptors (Lipinski definition) is 2. The highest BCUT2D eigenvalue weighted by molar-refractivity contribution is 5.94. The molecule has 0 radical (unpaired) electrons. The predicted octanol–water partition coefficient (Wildman–Crippen LogP) is 1.42.